The maximum Gasteiger partial charge on any atom is 0.573 e. The van der Waals surface area contributed by atoms with Gasteiger partial charge < -0.3 is 15.4 Å². The molecule has 0 unspecified atom stereocenters. The number of hydrogen-bond donors (Lipinski definition) is 2. The van der Waals surface area contributed by atoms with Crippen molar-refractivity contribution in [1.82, 2.24) is 15.0 Å². The highest BCUT2D eigenvalue weighted by atomic mass is 32.1. The number of aromatic nitrogens is 3. The van der Waals surface area contributed by atoms with Crippen molar-refractivity contribution in [3.63, 3.8) is 0 Å². The molecule has 2 heterocycles. The second kappa shape index (κ2) is 7.41. The monoisotopic (exact) mass is 398 g/mol. The minimum Gasteiger partial charge on any atom is -0.406 e. The summed E-state index contributed by atoms with van der Waals surface area (Å²) in [6.07, 6.45) is -2.19. The standard InChI is InChI=1S/C14H9F3N6O3S/c15-14(16,17)26-9-3-1-8(2-4-9)21-11-10(23(24)25)12(20-7-19-11)22-13-18-5-6-27-13/h1-7H,(H2,18,19,20,21,22). The van der Waals surface area contributed by atoms with E-state index in [1.165, 1.54) is 29.7 Å². The van der Waals surface area contributed by atoms with Gasteiger partial charge in [-0.15, -0.1) is 24.5 Å². The molecule has 27 heavy (non-hydrogen) atoms. The number of ether oxygens (including phenoxy) is 1. The van der Waals surface area contributed by atoms with Gasteiger partial charge in [0.25, 0.3) is 0 Å². The number of nitrogens with one attached hydrogen (secondary N) is 2. The van der Waals surface area contributed by atoms with Gasteiger partial charge in [0.05, 0.1) is 4.92 Å². The minimum atomic E-state index is -4.81. The average Bonchev–Trinajstić information content (AvgIpc) is 3.08. The lowest BCUT2D eigenvalue weighted by Gasteiger charge is -2.11. The van der Waals surface area contributed by atoms with Crippen LogP contribution in [0.3, 0.4) is 0 Å². The van der Waals surface area contributed by atoms with E-state index in [4.69, 9.17) is 0 Å². The first-order chi connectivity index (χ1) is 12.8. The molecule has 0 aliphatic carbocycles. The second-order valence-corrected chi connectivity index (χ2v) is 5.73. The Labute approximate surface area is 153 Å². The third kappa shape index (κ3) is 4.78. The summed E-state index contributed by atoms with van der Waals surface area (Å²) in [6.45, 7) is 0. The average molecular weight is 398 g/mol. The van der Waals surface area contributed by atoms with E-state index in [0.29, 0.717) is 5.13 Å². The fourth-order valence-electron chi connectivity index (χ4n) is 2.00. The van der Waals surface area contributed by atoms with Gasteiger partial charge in [-0.1, -0.05) is 0 Å². The van der Waals surface area contributed by atoms with Gasteiger partial charge >= 0.3 is 12.0 Å². The normalized spacial score (nSPS) is 11.1. The molecule has 140 valence electrons. The largest absolute Gasteiger partial charge is 0.573 e. The summed E-state index contributed by atoms with van der Waals surface area (Å²) in [4.78, 5) is 22.4. The summed E-state index contributed by atoms with van der Waals surface area (Å²) in [5.74, 6) is -0.639. The number of thiazole rings is 1. The van der Waals surface area contributed by atoms with E-state index in [1.54, 1.807) is 5.38 Å². The summed E-state index contributed by atoms with van der Waals surface area (Å²) in [5, 5.41) is 18.9. The van der Waals surface area contributed by atoms with E-state index in [1.807, 2.05) is 0 Å². The van der Waals surface area contributed by atoms with Gasteiger partial charge in [0.1, 0.15) is 12.1 Å². The summed E-state index contributed by atoms with van der Waals surface area (Å²) in [6, 6.07) is 4.66. The van der Waals surface area contributed by atoms with E-state index < -0.39 is 22.7 Å². The fraction of sp³-hybridized carbons (Fsp3) is 0.0714. The van der Waals surface area contributed by atoms with Crippen molar-refractivity contribution in [2.45, 2.75) is 6.36 Å². The van der Waals surface area contributed by atoms with E-state index in [0.717, 1.165) is 18.5 Å². The van der Waals surface area contributed by atoms with Gasteiger partial charge in [-0.3, -0.25) is 10.1 Å². The smallest absolute Gasteiger partial charge is 0.406 e. The molecule has 1 aromatic carbocycles. The molecule has 13 heteroatoms. The van der Waals surface area contributed by atoms with Crippen molar-refractivity contribution in [2.24, 2.45) is 0 Å². The molecule has 3 rings (SSSR count). The number of nitro groups is 1. The summed E-state index contributed by atoms with van der Waals surface area (Å²) in [5.41, 5.74) is -0.171. The number of halogens is 3. The van der Waals surface area contributed by atoms with Gasteiger partial charge in [-0.2, -0.15) is 0 Å². The zero-order valence-electron chi connectivity index (χ0n) is 13.1. The molecule has 0 radical (unpaired) electrons. The third-order valence-electron chi connectivity index (χ3n) is 3.01. The lowest BCUT2D eigenvalue weighted by atomic mass is 10.3. The molecule has 0 saturated carbocycles. The molecule has 9 nitrogen and oxygen atoms in total. The van der Waals surface area contributed by atoms with E-state index >= 15 is 0 Å². The molecule has 0 aliphatic heterocycles. The lowest BCUT2D eigenvalue weighted by molar-refractivity contribution is -0.383. The molecule has 0 amide bonds. The minimum absolute atomic E-state index is 0.0792. The maximum atomic E-state index is 12.2. The second-order valence-electron chi connectivity index (χ2n) is 4.84. The number of anilines is 4. The van der Waals surface area contributed by atoms with Crippen LogP contribution in [0.4, 0.5) is 41.3 Å². The quantitative estimate of drug-likeness (QED) is 0.468. The highest BCUT2D eigenvalue weighted by Crippen LogP contribution is 2.33. The molecule has 0 aliphatic rings. The van der Waals surface area contributed by atoms with Crippen molar-refractivity contribution in [3.05, 3.63) is 52.3 Å². The van der Waals surface area contributed by atoms with Gasteiger partial charge in [0.2, 0.25) is 11.6 Å². The number of nitrogens with zero attached hydrogens (tertiary/aromatic N) is 4. The first-order valence-electron chi connectivity index (χ1n) is 7.10. The highest BCUT2D eigenvalue weighted by Gasteiger charge is 2.31. The van der Waals surface area contributed by atoms with Crippen molar-refractivity contribution in [1.29, 1.82) is 0 Å². The molecule has 2 aromatic heterocycles. The van der Waals surface area contributed by atoms with Crippen LogP contribution in [0.25, 0.3) is 0 Å². The van der Waals surface area contributed by atoms with Crippen LogP contribution >= 0.6 is 11.3 Å². The zero-order chi connectivity index (χ0) is 19.4. The SMILES string of the molecule is O=[N+]([O-])c1c(Nc2ccc(OC(F)(F)F)cc2)ncnc1Nc1nccs1. The van der Waals surface area contributed by atoms with E-state index in [2.05, 4.69) is 30.3 Å². The maximum absolute atomic E-state index is 12.2. The van der Waals surface area contributed by atoms with E-state index in [-0.39, 0.29) is 17.3 Å². The highest BCUT2D eigenvalue weighted by molar-refractivity contribution is 7.13. The van der Waals surface area contributed by atoms with Crippen LogP contribution < -0.4 is 15.4 Å². The number of benzene rings is 1. The number of hydrogen-bond acceptors (Lipinski definition) is 9. The Morgan fingerprint density at radius 2 is 1.74 bits per heavy atom. The van der Waals surface area contributed by atoms with Crippen LogP contribution in [-0.2, 0) is 0 Å². The van der Waals surface area contributed by atoms with Gasteiger partial charge in [-0.05, 0) is 24.3 Å². The van der Waals surface area contributed by atoms with Crippen LogP contribution in [0.2, 0.25) is 0 Å². The van der Waals surface area contributed by atoms with Gasteiger partial charge in [-0.25, -0.2) is 15.0 Å². The molecule has 0 bridgehead atoms. The Balaban J connectivity index is 1.85. The Morgan fingerprint density at radius 3 is 2.30 bits per heavy atom. The fourth-order valence-corrected chi connectivity index (χ4v) is 2.53. The first kappa shape index (κ1) is 18.3. The Kier molecular flexibility index (Phi) is 5.03. The number of rotatable bonds is 6. The van der Waals surface area contributed by atoms with Crippen LogP contribution in [-0.4, -0.2) is 26.2 Å². The topological polar surface area (TPSA) is 115 Å². The predicted octanol–water partition coefficient (Wildman–Crippen LogP) is 4.23. The Morgan fingerprint density at radius 1 is 1.07 bits per heavy atom. The summed E-state index contributed by atoms with van der Waals surface area (Å²) < 4.78 is 40.3. The predicted molar refractivity (Wildman–Crippen MR) is 90.5 cm³/mol. The summed E-state index contributed by atoms with van der Waals surface area (Å²) in [7, 11) is 0. The summed E-state index contributed by atoms with van der Waals surface area (Å²) >= 11 is 1.22. The van der Waals surface area contributed by atoms with Crippen LogP contribution in [0.15, 0.2) is 42.2 Å². The molecule has 0 atom stereocenters. The molecule has 3 aromatic rings. The molecule has 0 spiro atoms. The van der Waals surface area contributed by atoms with Crippen molar-refractivity contribution >= 4 is 39.5 Å². The van der Waals surface area contributed by atoms with Crippen LogP contribution in [0.1, 0.15) is 0 Å². The lowest BCUT2D eigenvalue weighted by Crippen LogP contribution is -2.17. The molecular weight excluding hydrogens is 389 g/mol. The van der Waals surface area contributed by atoms with Gasteiger partial charge in [0.15, 0.2) is 5.13 Å². The third-order valence-corrected chi connectivity index (χ3v) is 3.70. The molecular formula is C14H9F3N6O3S. The molecule has 0 saturated heterocycles. The van der Waals surface area contributed by atoms with Crippen LogP contribution in [0, 0.1) is 10.1 Å². The van der Waals surface area contributed by atoms with Crippen molar-refractivity contribution in [2.75, 3.05) is 10.6 Å². The van der Waals surface area contributed by atoms with E-state index in [9.17, 15) is 23.3 Å². The first-order valence-corrected chi connectivity index (χ1v) is 7.98. The van der Waals surface area contributed by atoms with Crippen molar-refractivity contribution < 1.29 is 22.8 Å². The van der Waals surface area contributed by atoms with Crippen molar-refractivity contribution in [3.8, 4) is 5.75 Å². The number of alkyl halides is 3. The van der Waals surface area contributed by atoms with Crippen LogP contribution in [0.5, 0.6) is 5.75 Å². The Hall–Kier alpha value is -3.48. The Bertz CT molecular complexity index is 934. The molecule has 2 N–H and O–H groups in total. The van der Waals surface area contributed by atoms with Gasteiger partial charge in [0, 0.05) is 17.3 Å². The molecule has 0 fully saturated rings. The zero-order valence-corrected chi connectivity index (χ0v) is 13.9.